The summed E-state index contributed by atoms with van der Waals surface area (Å²) in [6.45, 7) is 7.51. The van der Waals surface area contributed by atoms with Crippen LogP contribution in [0.5, 0.6) is 0 Å². The van der Waals surface area contributed by atoms with Crippen molar-refractivity contribution in [2.24, 2.45) is 5.41 Å². The van der Waals surface area contributed by atoms with E-state index >= 15 is 0 Å². The molecule has 0 aliphatic carbocycles. The summed E-state index contributed by atoms with van der Waals surface area (Å²) in [6, 6.07) is 12.6. The molecule has 0 spiro atoms. The van der Waals surface area contributed by atoms with E-state index in [4.69, 9.17) is 0 Å². The first-order valence-corrected chi connectivity index (χ1v) is 8.45. The van der Waals surface area contributed by atoms with Gasteiger partial charge in [0.1, 0.15) is 0 Å². The molecule has 4 nitrogen and oxygen atoms in total. The third kappa shape index (κ3) is 4.68. The van der Waals surface area contributed by atoms with Crippen molar-refractivity contribution < 1.29 is 9.59 Å². The number of anilines is 2. The SMILES string of the molecule is Cc1ccc(NC(=O)c2cccc(NC(=O)C(C)(C)C)c2)c(Br)c1. The van der Waals surface area contributed by atoms with E-state index in [9.17, 15) is 9.59 Å². The maximum atomic E-state index is 12.4. The Morgan fingerprint density at radius 2 is 1.71 bits per heavy atom. The number of nitrogens with one attached hydrogen (secondary N) is 2. The summed E-state index contributed by atoms with van der Waals surface area (Å²) in [7, 11) is 0. The first-order chi connectivity index (χ1) is 11.2. The molecule has 5 heteroatoms. The fourth-order valence-electron chi connectivity index (χ4n) is 1.97. The fourth-order valence-corrected chi connectivity index (χ4v) is 2.57. The lowest BCUT2D eigenvalue weighted by atomic mass is 9.95. The fraction of sp³-hybridized carbons (Fsp3) is 0.263. The number of hydrogen-bond donors (Lipinski definition) is 2. The van der Waals surface area contributed by atoms with Crippen LogP contribution in [-0.4, -0.2) is 11.8 Å². The Morgan fingerprint density at radius 1 is 1.00 bits per heavy atom. The molecule has 2 rings (SSSR count). The van der Waals surface area contributed by atoms with Crippen LogP contribution in [0.4, 0.5) is 11.4 Å². The number of aryl methyl sites for hydroxylation is 1. The molecule has 0 aromatic heterocycles. The van der Waals surface area contributed by atoms with Crippen molar-refractivity contribution in [3.8, 4) is 0 Å². The third-order valence-electron chi connectivity index (χ3n) is 3.44. The molecule has 2 N–H and O–H groups in total. The lowest BCUT2D eigenvalue weighted by Crippen LogP contribution is -2.27. The number of carbonyl (C=O) groups excluding carboxylic acids is 2. The van der Waals surface area contributed by atoms with E-state index < -0.39 is 5.41 Å². The van der Waals surface area contributed by atoms with E-state index in [-0.39, 0.29) is 11.8 Å². The molecule has 24 heavy (non-hydrogen) atoms. The second-order valence-corrected chi connectivity index (χ2v) is 7.58. The highest BCUT2D eigenvalue weighted by molar-refractivity contribution is 9.10. The zero-order valence-electron chi connectivity index (χ0n) is 14.2. The lowest BCUT2D eigenvalue weighted by molar-refractivity contribution is -0.123. The summed E-state index contributed by atoms with van der Waals surface area (Å²) in [5.41, 5.74) is 2.40. The van der Waals surface area contributed by atoms with Crippen LogP contribution >= 0.6 is 15.9 Å². The molecule has 2 amide bonds. The number of amides is 2. The molecule has 0 atom stereocenters. The Hall–Kier alpha value is -2.14. The van der Waals surface area contributed by atoms with Crippen LogP contribution in [-0.2, 0) is 4.79 Å². The molecule has 126 valence electrons. The molecule has 0 unspecified atom stereocenters. The van der Waals surface area contributed by atoms with Gasteiger partial charge in [-0.05, 0) is 58.7 Å². The van der Waals surface area contributed by atoms with E-state index in [0.29, 0.717) is 16.9 Å². The number of carbonyl (C=O) groups is 2. The predicted molar refractivity (Wildman–Crippen MR) is 101 cm³/mol. The van der Waals surface area contributed by atoms with Crippen LogP contribution in [0.3, 0.4) is 0 Å². The third-order valence-corrected chi connectivity index (χ3v) is 4.09. The van der Waals surface area contributed by atoms with Gasteiger partial charge in [0.25, 0.3) is 5.91 Å². The summed E-state index contributed by atoms with van der Waals surface area (Å²) in [6.07, 6.45) is 0. The molecule has 0 aliphatic heterocycles. The average molecular weight is 389 g/mol. The highest BCUT2D eigenvalue weighted by Crippen LogP contribution is 2.24. The molecule has 0 fully saturated rings. The summed E-state index contributed by atoms with van der Waals surface area (Å²) < 4.78 is 0.827. The van der Waals surface area contributed by atoms with Gasteiger partial charge in [-0.3, -0.25) is 9.59 Å². The number of hydrogen-bond acceptors (Lipinski definition) is 2. The number of benzene rings is 2. The van der Waals surface area contributed by atoms with E-state index in [1.165, 1.54) is 0 Å². The second kappa shape index (κ2) is 7.18. The summed E-state index contributed by atoms with van der Waals surface area (Å²) >= 11 is 3.45. The van der Waals surface area contributed by atoms with Crippen molar-refractivity contribution >= 4 is 39.1 Å². The van der Waals surface area contributed by atoms with Gasteiger partial charge in [0.2, 0.25) is 5.91 Å². The maximum absolute atomic E-state index is 12.4. The first kappa shape index (κ1) is 18.2. The van der Waals surface area contributed by atoms with Crippen LogP contribution in [0.1, 0.15) is 36.7 Å². The van der Waals surface area contributed by atoms with Gasteiger partial charge in [0, 0.05) is 21.1 Å². The van der Waals surface area contributed by atoms with E-state index in [1.807, 2.05) is 45.9 Å². The molecule has 0 bridgehead atoms. The standard InChI is InChI=1S/C19H21BrN2O2/c1-12-8-9-16(15(20)10-12)22-17(23)13-6-5-7-14(11-13)21-18(24)19(2,3)4/h5-11H,1-4H3,(H,21,24)(H,22,23). The largest absolute Gasteiger partial charge is 0.326 e. The van der Waals surface area contributed by atoms with Gasteiger partial charge in [-0.1, -0.05) is 32.9 Å². The van der Waals surface area contributed by atoms with Crippen LogP contribution in [0.15, 0.2) is 46.9 Å². The smallest absolute Gasteiger partial charge is 0.255 e. The Bertz CT molecular complexity index is 779. The van der Waals surface area contributed by atoms with Crippen molar-refractivity contribution in [1.82, 2.24) is 0 Å². The summed E-state index contributed by atoms with van der Waals surface area (Å²) in [5, 5.41) is 5.70. The van der Waals surface area contributed by atoms with Gasteiger partial charge in [-0.15, -0.1) is 0 Å². The Balaban J connectivity index is 2.16. The van der Waals surface area contributed by atoms with Gasteiger partial charge >= 0.3 is 0 Å². The topological polar surface area (TPSA) is 58.2 Å². The maximum Gasteiger partial charge on any atom is 0.255 e. The zero-order valence-corrected chi connectivity index (χ0v) is 15.8. The highest BCUT2D eigenvalue weighted by Gasteiger charge is 2.21. The van der Waals surface area contributed by atoms with E-state index in [0.717, 1.165) is 10.0 Å². The van der Waals surface area contributed by atoms with Crippen LogP contribution in [0.2, 0.25) is 0 Å². The Morgan fingerprint density at radius 3 is 2.33 bits per heavy atom. The molecular weight excluding hydrogens is 368 g/mol. The predicted octanol–water partition coefficient (Wildman–Crippen LogP) is 4.99. The number of halogens is 1. The molecule has 2 aromatic rings. The minimum atomic E-state index is -0.495. The van der Waals surface area contributed by atoms with Crippen molar-refractivity contribution in [1.29, 1.82) is 0 Å². The van der Waals surface area contributed by atoms with Gasteiger partial charge in [-0.2, -0.15) is 0 Å². The molecule has 0 saturated carbocycles. The van der Waals surface area contributed by atoms with Crippen molar-refractivity contribution in [2.75, 3.05) is 10.6 Å². The lowest BCUT2D eigenvalue weighted by Gasteiger charge is -2.18. The van der Waals surface area contributed by atoms with Gasteiger partial charge in [-0.25, -0.2) is 0 Å². The monoisotopic (exact) mass is 388 g/mol. The van der Waals surface area contributed by atoms with Crippen molar-refractivity contribution in [3.05, 3.63) is 58.1 Å². The normalized spacial score (nSPS) is 11.0. The summed E-state index contributed by atoms with van der Waals surface area (Å²) in [4.78, 5) is 24.5. The molecule has 0 heterocycles. The van der Waals surface area contributed by atoms with Crippen molar-refractivity contribution in [3.63, 3.8) is 0 Å². The minimum absolute atomic E-state index is 0.0960. The van der Waals surface area contributed by atoms with Crippen LogP contribution in [0, 0.1) is 12.3 Å². The minimum Gasteiger partial charge on any atom is -0.326 e. The molecule has 0 saturated heterocycles. The molecule has 0 radical (unpaired) electrons. The van der Waals surface area contributed by atoms with Gasteiger partial charge in [0.15, 0.2) is 0 Å². The quantitative estimate of drug-likeness (QED) is 0.777. The molecule has 2 aromatic carbocycles. The average Bonchev–Trinajstić information content (AvgIpc) is 2.49. The molecular formula is C19H21BrN2O2. The highest BCUT2D eigenvalue weighted by atomic mass is 79.9. The Kier molecular flexibility index (Phi) is 5.44. The van der Waals surface area contributed by atoms with E-state index in [2.05, 4.69) is 26.6 Å². The van der Waals surface area contributed by atoms with Crippen molar-refractivity contribution in [2.45, 2.75) is 27.7 Å². The van der Waals surface area contributed by atoms with Gasteiger partial charge in [0.05, 0.1) is 5.69 Å². The Labute approximate surface area is 150 Å². The molecule has 0 aliphatic rings. The summed E-state index contributed by atoms with van der Waals surface area (Å²) in [5.74, 6) is -0.326. The van der Waals surface area contributed by atoms with Crippen LogP contribution < -0.4 is 10.6 Å². The van der Waals surface area contributed by atoms with Crippen LogP contribution in [0.25, 0.3) is 0 Å². The number of rotatable bonds is 3. The second-order valence-electron chi connectivity index (χ2n) is 6.72. The van der Waals surface area contributed by atoms with E-state index in [1.54, 1.807) is 24.3 Å². The zero-order chi connectivity index (χ0) is 17.9. The first-order valence-electron chi connectivity index (χ1n) is 7.66. The van der Waals surface area contributed by atoms with Gasteiger partial charge < -0.3 is 10.6 Å².